The SMILES string of the molecule is COc1ccc(CN2CCCC2)c(OC)c1.O=C(O)C(=O)O. The van der Waals surface area contributed by atoms with Gasteiger partial charge in [-0.25, -0.2) is 9.59 Å². The molecule has 7 nitrogen and oxygen atoms in total. The van der Waals surface area contributed by atoms with E-state index >= 15 is 0 Å². The van der Waals surface area contributed by atoms with Crippen molar-refractivity contribution in [1.29, 1.82) is 0 Å². The fourth-order valence-corrected chi connectivity index (χ4v) is 2.16. The number of rotatable bonds is 4. The third-order valence-electron chi connectivity index (χ3n) is 3.27. The Labute approximate surface area is 129 Å². The third kappa shape index (κ3) is 5.61. The topological polar surface area (TPSA) is 96.3 Å². The average molecular weight is 311 g/mol. The lowest BCUT2D eigenvalue weighted by Crippen LogP contribution is -2.18. The van der Waals surface area contributed by atoms with E-state index in [4.69, 9.17) is 29.3 Å². The van der Waals surface area contributed by atoms with Crippen molar-refractivity contribution in [3.05, 3.63) is 23.8 Å². The van der Waals surface area contributed by atoms with E-state index in [1.165, 1.54) is 31.5 Å². The van der Waals surface area contributed by atoms with Crippen LogP contribution in [0.25, 0.3) is 0 Å². The van der Waals surface area contributed by atoms with E-state index in [1.54, 1.807) is 14.2 Å². The Morgan fingerprint density at radius 1 is 1.09 bits per heavy atom. The summed E-state index contributed by atoms with van der Waals surface area (Å²) in [7, 11) is 3.39. The van der Waals surface area contributed by atoms with Gasteiger partial charge >= 0.3 is 11.9 Å². The van der Waals surface area contributed by atoms with Gasteiger partial charge in [0.15, 0.2) is 0 Å². The smallest absolute Gasteiger partial charge is 0.414 e. The molecule has 0 saturated carbocycles. The Morgan fingerprint density at radius 3 is 2.14 bits per heavy atom. The van der Waals surface area contributed by atoms with Crippen LogP contribution in [0.1, 0.15) is 18.4 Å². The van der Waals surface area contributed by atoms with Crippen LogP contribution in [-0.4, -0.2) is 54.4 Å². The van der Waals surface area contributed by atoms with Crippen LogP contribution in [0.2, 0.25) is 0 Å². The van der Waals surface area contributed by atoms with E-state index in [2.05, 4.69) is 11.0 Å². The first-order valence-corrected chi connectivity index (χ1v) is 6.87. The van der Waals surface area contributed by atoms with Crippen LogP contribution in [0.3, 0.4) is 0 Å². The van der Waals surface area contributed by atoms with Crippen molar-refractivity contribution in [1.82, 2.24) is 4.90 Å². The van der Waals surface area contributed by atoms with Crippen LogP contribution in [-0.2, 0) is 16.1 Å². The lowest BCUT2D eigenvalue weighted by atomic mass is 10.2. The van der Waals surface area contributed by atoms with Gasteiger partial charge in [-0.1, -0.05) is 6.07 Å². The molecule has 0 radical (unpaired) electrons. The first-order chi connectivity index (χ1) is 10.5. The van der Waals surface area contributed by atoms with Gasteiger partial charge in [0.2, 0.25) is 0 Å². The first-order valence-electron chi connectivity index (χ1n) is 6.87. The number of nitrogens with zero attached hydrogens (tertiary/aromatic N) is 1. The summed E-state index contributed by atoms with van der Waals surface area (Å²) < 4.78 is 10.6. The van der Waals surface area contributed by atoms with E-state index < -0.39 is 11.9 Å². The van der Waals surface area contributed by atoms with Gasteiger partial charge < -0.3 is 19.7 Å². The van der Waals surface area contributed by atoms with Gasteiger partial charge in [-0.05, 0) is 32.0 Å². The van der Waals surface area contributed by atoms with E-state index in [9.17, 15) is 0 Å². The maximum Gasteiger partial charge on any atom is 0.414 e. The summed E-state index contributed by atoms with van der Waals surface area (Å²) in [5.41, 5.74) is 1.24. The molecular weight excluding hydrogens is 290 g/mol. The van der Waals surface area contributed by atoms with Gasteiger partial charge in [0.25, 0.3) is 0 Å². The van der Waals surface area contributed by atoms with E-state index in [0.29, 0.717) is 0 Å². The zero-order valence-corrected chi connectivity index (χ0v) is 12.7. The summed E-state index contributed by atoms with van der Waals surface area (Å²) in [5.74, 6) is -1.88. The van der Waals surface area contributed by atoms with Crippen molar-refractivity contribution in [2.24, 2.45) is 0 Å². The number of carboxylic acids is 2. The molecule has 0 bridgehead atoms. The number of carbonyl (C=O) groups is 2. The molecule has 0 amide bonds. The Hall–Kier alpha value is -2.28. The Kier molecular flexibility index (Phi) is 7.18. The van der Waals surface area contributed by atoms with Crippen molar-refractivity contribution in [3.8, 4) is 11.5 Å². The summed E-state index contributed by atoms with van der Waals surface area (Å²) >= 11 is 0. The number of hydrogen-bond acceptors (Lipinski definition) is 5. The summed E-state index contributed by atoms with van der Waals surface area (Å²) in [6.45, 7) is 3.39. The van der Waals surface area contributed by atoms with Crippen molar-refractivity contribution < 1.29 is 29.3 Å². The number of methoxy groups -OCH3 is 2. The number of carboxylic acid groups (broad SMARTS) is 2. The van der Waals surface area contributed by atoms with E-state index in [-0.39, 0.29) is 0 Å². The van der Waals surface area contributed by atoms with Crippen LogP contribution in [0, 0.1) is 0 Å². The van der Waals surface area contributed by atoms with Crippen molar-refractivity contribution in [2.75, 3.05) is 27.3 Å². The molecule has 1 aromatic carbocycles. The molecule has 122 valence electrons. The van der Waals surface area contributed by atoms with Crippen LogP contribution in [0.4, 0.5) is 0 Å². The summed E-state index contributed by atoms with van der Waals surface area (Å²) in [4.78, 5) is 20.7. The predicted molar refractivity (Wildman–Crippen MR) is 79.3 cm³/mol. The molecule has 0 atom stereocenters. The van der Waals surface area contributed by atoms with Crippen LogP contribution >= 0.6 is 0 Å². The molecule has 1 aliphatic heterocycles. The highest BCUT2D eigenvalue weighted by Crippen LogP contribution is 2.26. The molecule has 22 heavy (non-hydrogen) atoms. The molecule has 2 N–H and O–H groups in total. The van der Waals surface area contributed by atoms with E-state index in [1.807, 2.05) is 12.1 Å². The normalized spacial score (nSPS) is 13.9. The highest BCUT2D eigenvalue weighted by atomic mass is 16.5. The second-order valence-electron chi connectivity index (χ2n) is 4.77. The van der Waals surface area contributed by atoms with E-state index in [0.717, 1.165) is 18.0 Å². The standard InChI is InChI=1S/C13H19NO2.C2H2O4/c1-15-12-6-5-11(13(9-12)16-2)10-14-7-3-4-8-14;3-1(4)2(5)6/h5-6,9H,3-4,7-8,10H2,1-2H3;(H,3,4)(H,5,6). The average Bonchev–Trinajstić information content (AvgIpc) is 3.01. The third-order valence-corrected chi connectivity index (χ3v) is 3.27. The summed E-state index contributed by atoms with van der Waals surface area (Å²) in [6.07, 6.45) is 2.64. The lowest BCUT2D eigenvalue weighted by molar-refractivity contribution is -0.159. The fraction of sp³-hybridized carbons (Fsp3) is 0.467. The summed E-state index contributed by atoms with van der Waals surface area (Å²) in [6, 6.07) is 6.04. The van der Waals surface area contributed by atoms with Crippen LogP contribution in [0.5, 0.6) is 11.5 Å². The number of aliphatic carboxylic acids is 2. The van der Waals surface area contributed by atoms with Gasteiger partial charge in [-0.15, -0.1) is 0 Å². The highest BCUT2D eigenvalue weighted by Gasteiger charge is 2.14. The zero-order valence-electron chi connectivity index (χ0n) is 12.7. The number of likely N-dealkylation sites (tertiary alicyclic amines) is 1. The molecule has 0 unspecified atom stereocenters. The lowest BCUT2D eigenvalue weighted by Gasteiger charge is -2.17. The van der Waals surface area contributed by atoms with Gasteiger partial charge in [0, 0.05) is 18.2 Å². The second kappa shape index (κ2) is 8.89. The predicted octanol–water partition coefficient (Wildman–Crippen LogP) is 1.46. The van der Waals surface area contributed by atoms with Gasteiger partial charge in [0.1, 0.15) is 11.5 Å². The number of benzene rings is 1. The molecule has 0 aromatic heterocycles. The molecule has 1 aromatic rings. The minimum Gasteiger partial charge on any atom is -0.497 e. The number of hydrogen-bond donors (Lipinski definition) is 2. The molecule has 1 heterocycles. The Morgan fingerprint density at radius 2 is 1.68 bits per heavy atom. The van der Waals surface area contributed by atoms with Crippen molar-refractivity contribution in [2.45, 2.75) is 19.4 Å². The van der Waals surface area contributed by atoms with Gasteiger partial charge in [-0.2, -0.15) is 0 Å². The maximum atomic E-state index is 9.10. The Balaban J connectivity index is 0.000000346. The monoisotopic (exact) mass is 311 g/mol. The molecule has 1 fully saturated rings. The molecule has 2 rings (SSSR count). The highest BCUT2D eigenvalue weighted by molar-refractivity contribution is 6.27. The van der Waals surface area contributed by atoms with Crippen LogP contribution < -0.4 is 9.47 Å². The maximum absolute atomic E-state index is 9.10. The molecule has 1 aliphatic rings. The molecule has 0 aliphatic carbocycles. The zero-order chi connectivity index (χ0) is 16.5. The fourth-order valence-electron chi connectivity index (χ4n) is 2.16. The summed E-state index contributed by atoms with van der Waals surface area (Å²) in [5, 5.41) is 14.8. The van der Waals surface area contributed by atoms with Crippen molar-refractivity contribution >= 4 is 11.9 Å². The molecular formula is C15H21NO6. The largest absolute Gasteiger partial charge is 0.497 e. The molecule has 0 spiro atoms. The Bertz CT molecular complexity index is 499. The quantitative estimate of drug-likeness (QED) is 0.812. The van der Waals surface area contributed by atoms with Crippen molar-refractivity contribution in [3.63, 3.8) is 0 Å². The van der Waals surface area contributed by atoms with Crippen LogP contribution in [0.15, 0.2) is 18.2 Å². The minimum atomic E-state index is -1.82. The minimum absolute atomic E-state index is 0.849. The first kappa shape index (κ1) is 17.8. The molecule has 7 heteroatoms. The van der Waals surface area contributed by atoms with Gasteiger partial charge in [-0.3, -0.25) is 4.90 Å². The second-order valence-corrected chi connectivity index (χ2v) is 4.77. The number of ether oxygens (including phenoxy) is 2. The molecule has 1 saturated heterocycles. The van der Waals surface area contributed by atoms with Gasteiger partial charge in [0.05, 0.1) is 14.2 Å².